The van der Waals surface area contributed by atoms with E-state index in [2.05, 4.69) is 23.7 Å². The third-order valence-electron chi connectivity index (χ3n) is 3.99. The molecule has 5 heteroatoms. The van der Waals surface area contributed by atoms with Gasteiger partial charge in [0.15, 0.2) is 0 Å². The van der Waals surface area contributed by atoms with Gasteiger partial charge in [-0.2, -0.15) is 0 Å². The van der Waals surface area contributed by atoms with Crippen molar-refractivity contribution in [3.8, 4) is 0 Å². The van der Waals surface area contributed by atoms with Gasteiger partial charge in [0.05, 0.1) is 17.2 Å². The van der Waals surface area contributed by atoms with Gasteiger partial charge in [-0.25, -0.2) is 9.99 Å². The van der Waals surface area contributed by atoms with Gasteiger partial charge in [-0.1, -0.05) is 26.0 Å². The minimum atomic E-state index is 0.358. The quantitative estimate of drug-likeness (QED) is 0.842. The Morgan fingerprint density at radius 3 is 2.70 bits per heavy atom. The molecule has 2 N–H and O–H groups in total. The molecule has 0 aliphatic carbocycles. The zero-order valence-electron chi connectivity index (χ0n) is 12.0. The number of benzene rings is 1. The Morgan fingerprint density at radius 1 is 1.20 bits per heavy atom. The van der Waals surface area contributed by atoms with Crippen LogP contribution in [0.3, 0.4) is 0 Å². The highest BCUT2D eigenvalue weighted by Crippen LogP contribution is 2.20. The van der Waals surface area contributed by atoms with E-state index in [9.17, 15) is 0 Å². The molecule has 0 saturated carbocycles. The molecule has 106 valence electrons. The van der Waals surface area contributed by atoms with E-state index in [1.165, 1.54) is 0 Å². The van der Waals surface area contributed by atoms with Gasteiger partial charge >= 0.3 is 0 Å². The lowest BCUT2D eigenvalue weighted by molar-refractivity contribution is 0.140. The normalized spacial score (nSPS) is 20.8. The van der Waals surface area contributed by atoms with Crippen LogP contribution in [-0.4, -0.2) is 40.7 Å². The predicted molar refractivity (Wildman–Crippen MR) is 81.3 cm³/mol. The van der Waals surface area contributed by atoms with Crippen LogP contribution in [0.25, 0.3) is 11.0 Å². The Hall–Kier alpha value is -1.72. The first-order valence-electron chi connectivity index (χ1n) is 7.13. The summed E-state index contributed by atoms with van der Waals surface area (Å²) >= 11 is 0. The molecule has 0 spiro atoms. The Kier molecular flexibility index (Phi) is 3.54. The Balaban J connectivity index is 1.87. The number of para-hydroxylation sites is 2. The fraction of sp³-hybridized carbons (Fsp3) is 0.467. The molecule has 0 bridgehead atoms. The SMILES string of the molecule is CC(C)C1CN(c2cnc3ccccc3n2)CCN1N. The highest BCUT2D eigenvalue weighted by molar-refractivity contribution is 5.75. The minimum Gasteiger partial charge on any atom is -0.352 e. The van der Waals surface area contributed by atoms with Crippen molar-refractivity contribution in [2.45, 2.75) is 19.9 Å². The van der Waals surface area contributed by atoms with Crippen LogP contribution in [0.4, 0.5) is 5.82 Å². The second kappa shape index (κ2) is 5.34. The highest BCUT2D eigenvalue weighted by atomic mass is 15.5. The fourth-order valence-corrected chi connectivity index (χ4v) is 2.73. The number of rotatable bonds is 2. The maximum Gasteiger partial charge on any atom is 0.147 e. The zero-order chi connectivity index (χ0) is 14.1. The van der Waals surface area contributed by atoms with E-state index in [4.69, 9.17) is 10.8 Å². The second-order valence-corrected chi connectivity index (χ2v) is 5.71. The fourth-order valence-electron chi connectivity index (χ4n) is 2.73. The number of hydrazine groups is 1. The van der Waals surface area contributed by atoms with Crippen molar-refractivity contribution < 1.29 is 0 Å². The van der Waals surface area contributed by atoms with Gasteiger partial charge < -0.3 is 4.90 Å². The van der Waals surface area contributed by atoms with Crippen molar-refractivity contribution in [3.63, 3.8) is 0 Å². The van der Waals surface area contributed by atoms with E-state index in [0.717, 1.165) is 36.5 Å². The summed E-state index contributed by atoms with van der Waals surface area (Å²) in [5.74, 6) is 7.55. The van der Waals surface area contributed by atoms with Gasteiger partial charge in [0.2, 0.25) is 0 Å². The molecule has 0 radical (unpaired) electrons. The maximum atomic E-state index is 6.08. The van der Waals surface area contributed by atoms with E-state index >= 15 is 0 Å². The lowest BCUT2D eigenvalue weighted by Crippen LogP contribution is -2.58. The predicted octanol–water partition coefficient (Wildman–Crippen LogP) is 1.65. The number of nitrogens with two attached hydrogens (primary N) is 1. The first-order valence-corrected chi connectivity index (χ1v) is 7.13. The Bertz CT molecular complexity index is 598. The summed E-state index contributed by atoms with van der Waals surface area (Å²) in [5, 5.41) is 1.95. The molecular formula is C15H21N5. The van der Waals surface area contributed by atoms with Crippen molar-refractivity contribution in [1.82, 2.24) is 15.0 Å². The average Bonchev–Trinajstić information content (AvgIpc) is 2.47. The number of nitrogens with zero attached hydrogens (tertiary/aromatic N) is 4. The molecule has 1 atom stereocenters. The number of fused-ring (bicyclic) bond motifs is 1. The molecule has 1 aliphatic heterocycles. The van der Waals surface area contributed by atoms with Gasteiger partial charge in [-0.05, 0) is 18.1 Å². The van der Waals surface area contributed by atoms with E-state index < -0.39 is 0 Å². The lowest BCUT2D eigenvalue weighted by atomic mass is 10.0. The molecule has 5 nitrogen and oxygen atoms in total. The molecule has 2 aromatic rings. The van der Waals surface area contributed by atoms with Crippen molar-refractivity contribution in [3.05, 3.63) is 30.5 Å². The summed E-state index contributed by atoms with van der Waals surface area (Å²) in [5.41, 5.74) is 1.88. The molecule has 20 heavy (non-hydrogen) atoms. The highest BCUT2D eigenvalue weighted by Gasteiger charge is 2.28. The smallest absolute Gasteiger partial charge is 0.147 e. The molecule has 1 aromatic carbocycles. The summed E-state index contributed by atoms with van der Waals surface area (Å²) < 4.78 is 0. The topological polar surface area (TPSA) is 58.3 Å². The van der Waals surface area contributed by atoms with Crippen molar-refractivity contribution in [2.24, 2.45) is 11.8 Å². The summed E-state index contributed by atoms with van der Waals surface area (Å²) in [6, 6.07) is 8.33. The number of anilines is 1. The summed E-state index contributed by atoms with van der Waals surface area (Å²) in [4.78, 5) is 11.5. The van der Waals surface area contributed by atoms with Crippen molar-refractivity contribution in [2.75, 3.05) is 24.5 Å². The van der Waals surface area contributed by atoms with E-state index in [1.807, 2.05) is 35.5 Å². The third kappa shape index (κ3) is 2.46. The molecule has 1 fully saturated rings. The molecule has 1 saturated heterocycles. The van der Waals surface area contributed by atoms with Gasteiger partial charge in [0.25, 0.3) is 0 Å². The van der Waals surface area contributed by atoms with Crippen LogP contribution in [-0.2, 0) is 0 Å². The monoisotopic (exact) mass is 271 g/mol. The van der Waals surface area contributed by atoms with Crippen LogP contribution in [0.15, 0.2) is 30.5 Å². The first-order chi connectivity index (χ1) is 9.65. The molecule has 1 unspecified atom stereocenters. The van der Waals surface area contributed by atoms with Crippen LogP contribution in [0.2, 0.25) is 0 Å². The van der Waals surface area contributed by atoms with E-state index in [0.29, 0.717) is 12.0 Å². The number of hydrogen-bond acceptors (Lipinski definition) is 5. The standard InChI is InChI=1S/C15H21N5/c1-11(2)14-10-19(7-8-20(14)16)15-9-17-12-5-3-4-6-13(12)18-15/h3-6,9,11,14H,7-8,10,16H2,1-2H3. The van der Waals surface area contributed by atoms with Crippen LogP contribution >= 0.6 is 0 Å². The van der Waals surface area contributed by atoms with Gasteiger partial charge in [-0.3, -0.25) is 10.8 Å². The molecule has 3 rings (SSSR count). The molecule has 2 heterocycles. The number of piperazine rings is 1. The number of hydrogen-bond donors (Lipinski definition) is 1. The van der Waals surface area contributed by atoms with Crippen molar-refractivity contribution >= 4 is 16.9 Å². The third-order valence-corrected chi connectivity index (χ3v) is 3.99. The molecule has 0 amide bonds. The van der Waals surface area contributed by atoms with Crippen LogP contribution in [0.5, 0.6) is 0 Å². The second-order valence-electron chi connectivity index (χ2n) is 5.71. The molecular weight excluding hydrogens is 250 g/mol. The van der Waals surface area contributed by atoms with E-state index in [1.54, 1.807) is 0 Å². The Labute approximate surface area is 119 Å². The van der Waals surface area contributed by atoms with Crippen LogP contribution < -0.4 is 10.7 Å². The molecule has 1 aromatic heterocycles. The average molecular weight is 271 g/mol. The van der Waals surface area contributed by atoms with Gasteiger partial charge in [0.1, 0.15) is 5.82 Å². The van der Waals surface area contributed by atoms with Crippen molar-refractivity contribution in [1.29, 1.82) is 0 Å². The zero-order valence-corrected chi connectivity index (χ0v) is 12.0. The summed E-state index contributed by atoms with van der Waals surface area (Å²) in [7, 11) is 0. The Morgan fingerprint density at radius 2 is 1.95 bits per heavy atom. The largest absolute Gasteiger partial charge is 0.352 e. The minimum absolute atomic E-state index is 0.358. The summed E-state index contributed by atoms with van der Waals surface area (Å²) in [6.45, 7) is 7.07. The molecule has 1 aliphatic rings. The van der Waals surface area contributed by atoms with E-state index in [-0.39, 0.29) is 0 Å². The number of aromatic nitrogens is 2. The van der Waals surface area contributed by atoms with Gasteiger partial charge in [0, 0.05) is 25.7 Å². The van der Waals surface area contributed by atoms with Crippen LogP contribution in [0.1, 0.15) is 13.8 Å². The lowest BCUT2D eigenvalue weighted by Gasteiger charge is -2.41. The first kappa shape index (κ1) is 13.3. The summed E-state index contributed by atoms with van der Waals surface area (Å²) in [6.07, 6.45) is 1.87. The van der Waals surface area contributed by atoms with Gasteiger partial charge in [-0.15, -0.1) is 0 Å². The maximum absolute atomic E-state index is 6.08. The van der Waals surface area contributed by atoms with Crippen LogP contribution in [0, 0.1) is 5.92 Å².